The second kappa shape index (κ2) is 5.77. The van der Waals surface area contributed by atoms with Crippen LogP contribution in [0.1, 0.15) is 5.69 Å². The van der Waals surface area contributed by atoms with Crippen LogP contribution in [0.25, 0.3) is 17.1 Å². The Morgan fingerprint density at radius 1 is 1.17 bits per heavy atom. The number of rotatable bonds is 4. The van der Waals surface area contributed by atoms with Crippen LogP contribution in [0.2, 0.25) is 0 Å². The molecule has 1 N–H and O–H groups in total. The van der Waals surface area contributed by atoms with Gasteiger partial charge in [0.2, 0.25) is 0 Å². The Bertz CT molecular complexity index is 971. The summed E-state index contributed by atoms with van der Waals surface area (Å²) in [6.45, 7) is 0. The molecule has 0 atom stereocenters. The first-order valence-electron chi connectivity index (χ1n) is 7.00. The predicted octanol–water partition coefficient (Wildman–Crippen LogP) is 2.99. The normalized spacial score (nSPS) is 11.1. The highest BCUT2D eigenvalue weighted by molar-refractivity contribution is 7.98. The summed E-state index contributed by atoms with van der Waals surface area (Å²) in [5.74, 6) is 0.611. The molecule has 23 heavy (non-hydrogen) atoms. The van der Waals surface area contributed by atoms with Crippen molar-refractivity contribution in [3.8, 4) is 6.01 Å². The second-order valence-corrected chi connectivity index (χ2v) is 5.87. The highest BCUT2D eigenvalue weighted by Crippen LogP contribution is 2.20. The van der Waals surface area contributed by atoms with Crippen molar-refractivity contribution >= 4 is 22.9 Å². The van der Waals surface area contributed by atoms with Gasteiger partial charge in [-0.2, -0.15) is 9.67 Å². The van der Waals surface area contributed by atoms with E-state index in [0.29, 0.717) is 16.9 Å². The molecule has 3 aromatic heterocycles. The maximum absolute atomic E-state index is 12.1. The lowest BCUT2D eigenvalue weighted by Gasteiger charge is -1.98. The van der Waals surface area contributed by atoms with Crippen molar-refractivity contribution in [2.24, 2.45) is 0 Å². The van der Waals surface area contributed by atoms with Gasteiger partial charge in [0.1, 0.15) is 5.52 Å². The van der Waals surface area contributed by atoms with Gasteiger partial charge in [0.05, 0.1) is 5.03 Å². The number of nitrogens with one attached hydrogen (secondary N) is 1. The number of thioether (sulfide) groups is 1. The Labute approximate surface area is 135 Å². The van der Waals surface area contributed by atoms with Gasteiger partial charge in [0, 0.05) is 23.7 Å². The van der Waals surface area contributed by atoms with Crippen LogP contribution in [0.15, 0.2) is 69.0 Å². The van der Waals surface area contributed by atoms with E-state index in [9.17, 15) is 4.79 Å². The Balaban J connectivity index is 1.60. The Morgan fingerprint density at radius 2 is 2.04 bits per heavy atom. The monoisotopic (exact) mass is 324 g/mol. The van der Waals surface area contributed by atoms with Crippen LogP contribution >= 0.6 is 11.8 Å². The molecule has 7 heteroatoms. The Hall–Kier alpha value is -2.80. The van der Waals surface area contributed by atoms with Gasteiger partial charge >= 0.3 is 6.01 Å². The maximum Gasteiger partial charge on any atom is 0.325 e. The maximum atomic E-state index is 12.1. The molecule has 0 unspecified atom stereocenters. The molecule has 0 aliphatic heterocycles. The molecule has 0 fully saturated rings. The number of aromatic amines is 1. The van der Waals surface area contributed by atoms with Crippen molar-refractivity contribution < 1.29 is 4.42 Å². The van der Waals surface area contributed by atoms with Crippen LogP contribution in [-0.2, 0) is 5.75 Å². The summed E-state index contributed by atoms with van der Waals surface area (Å²) in [4.78, 5) is 20.7. The number of para-hydroxylation sites is 2. The van der Waals surface area contributed by atoms with Crippen molar-refractivity contribution in [1.82, 2.24) is 19.7 Å². The number of hydrogen-bond donors (Lipinski definition) is 1. The third kappa shape index (κ3) is 2.78. The van der Waals surface area contributed by atoms with Crippen molar-refractivity contribution in [3.63, 3.8) is 0 Å². The van der Waals surface area contributed by atoms with Gasteiger partial charge in [-0.3, -0.25) is 9.89 Å². The zero-order valence-electron chi connectivity index (χ0n) is 12.0. The molecule has 114 valence electrons. The molecule has 1 aromatic carbocycles. The highest BCUT2D eigenvalue weighted by Gasteiger charge is 2.12. The average molecular weight is 324 g/mol. The zero-order chi connectivity index (χ0) is 15.6. The molecule has 0 radical (unpaired) electrons. The molecule has 4 aromatic rings. The van der Waals surface area contributed by atoms with Crippen molar-refractivity contribution in [2.45, 2.75) is 10.8 Å². The van der Waals surface area contributed by atoms with Gasteiger partial charge < -0.3 is 4.42 Å². The number of aromatic nitrogens is 4. The smallest absolute Gasteiger partial charge is 0.325 e. The minimum atomic E-state index is -0.201. The lowest BCUT2D eigenvalue weighted by molar-refractivity contribution is 0.536. The van der Waals surface area contributed by atoms with E-state index in [-0.39, 0.29) is 11.6 Å². The minimum Gasteiger partial charge on any atom is -0.422 e. The van der Waals surface area contributed by atoms with E-state index in [1.165, 1.54) is 4.68 Å². The standard InChI is InChI=1S/C16H12N4O2S/c21-15-9-11(10-23-14-7-3-4-8-17-14)19-20(15)16-18-12-5-1-2-6-13(12)22-16/h1-9,19H,10H2. The summed E-state index contributed by atoms with van der Waals surface area (Å²) < 4.78 is 6.93. The average Bonchev–Trinajstić information content (AvgIpc) is 3.17. The quantitative estimate of drug-likeness (QED) is 0.584. The molecule has 0 saturated heterocycles. The summed E-state index contributed by atoms with van der Waals surface area (Å²) in [6.07, 6.45) is 1.74. The van der Waals surface area contributed by atoms with Gasteiger partial charge in [-0.05, 0) is 24.3 Å². The molecule has 3 heterocycles. The van der Waals surface area contributed by atoms with Crippen molar-refractivity contribution in [3.05, 3.63) is 70.8 Å². The van der Waals surface area contributed by atoms with E-state index in [1.807, 2.05) is 42.5 Å². The molecular weight excluding hydrogens is 312 g/mol. The van der Waals surface area contributed by atoms with E-state index in [4.69, 9.17) is 4.42 Å². The number of H-pyrrole nitrogens is 1. The van der Waals surface area contributed by atoms with Crippen molar-refractivity contribution in [2.75, 3.05) is 0 Å². The first kappa shape index (κ1) is 13.8. The van der Waals surface area contributed by atoms with E-state index >= 15 is 0 Å². The fourth-order valence-electron chi connectivity index (χ4n) is 2.20. The summed E-state index contributed by atoms with van der Waals surface area (Å²) in [5.41, 5.74) is 1.95. The van der Waals surface area contributed by atoms with Crippen LogP contribution < -0.4 is 5.56 Å². The van der Waals surface area contributed by atoms with Crippen LogP contribution in [0.3, 0.4) is 0 Å². The summed E-state index contributed by atoms with van der Waals surface area (Å²) >= 11 is 1.55. The summed E-state index contributed by atoms with van der Waals surface area (Å²) in [7, 11) is 0. The molecular formula is C16H12N4O2S. The molecule has 4 rings (SSSR count). The number of pyridine rings is 1. The number of oxazole rings is 1. The van der Waals surface area contributed by atoms with E-state index in [2.05, 4.69) is 15.1 Å². The summed E-state index contributed by atoms with van der Waals surface area (Å²) in [6, 6.07) is 14.9. The van der Waals surface area contributed by atoms with Crippen molar-refractivity contribution in [1.29, 1.82) is 0 Å². The van der Waals surface area contributed by atoms with Gasteiger partial charge in [-0.25, -0.2) is 4.98 Å². The lowest BCUT2D eigenvalue weighted by atomic mass is 10.3. The van der Waals surface area contributed by atoms with Crippen LogP contribution in [-0.4, -0.2) is 19.7 Å². The third-order valence-electron chi connectivity index (χ3n) is 3.26. The molecule has 6 nitrogen and oxygen atoms in total. The Kier molecular flexibility index (Phi) is 3.47. The molecule has 0 aliphatic rings. The molecule has 0 amide bonds. The van der Waals surface area contributed by atoms with Gasteiger partial charge in [0.25, 0.3) is 5.56 Å². The number of fused-ring (bicyclic) bond motifs is 1. The van der Waals surface area contributed by atoms with Crippen LogP contribution in [0, 0.1) is 0 Å². The Morgan fingerprint density at radius 3 is 2.87 bits per heavy atom. The van der Waals surface area contributed by atoms with Gasteiger partial charge in [-0.1, -0.05) is 18.2 Å². The lowest BCUT2D eigenvalue weighted by Crippen LogP contribution is -2.13. The number of nitrogens with zero attached hydrogens (tertiary/aromatic N) is 3. The molecule has 0 aliphatic carbocycles. The topological polar surface area (TPSA) is 76.7 Å². The summed E-state index contributed by atoms with van der Waals surface area (Å²) in [5, 5.41) is 3.93. The predicted molar refractivity (Wildman–Crippen MR) is 87.8 cm³/mol. The fourth-order valence-corrected chi connectivity index (χ4v) is 2.96. The minimum absolute atomic E-state index is 0.201. The zero-order valence-corrected chi connectivity index (χ0v) is 12.8. The van der Waals surface area contributed by atoms with E-state index in [0.717, 1.165) is 10.7 Å². The van der Waals surface area contributed by atoms with Crippen LogP contribution in [0.5, 0.6) is 0 Å². The first-order chi connectivity index (χ1) is 11.3. The number of benzene rings is 1. The van der Waals surface area contributed by atoms with Crippen LogP contribution in [0.4, 0.5) is 0 Å². The fraction of sp³-hybridized carbons (Fsp3) is 0.0625. The first-order valence-corrected chi connectivity index (χ1v) is 7.99. The number of hydrogen-bond acceptors (Lipinski definition) is 5. The molecule has 0 bridgehead atoms. The molecule has 0 saturated carbocycles. The van der Waals surface area contributed by atoms with Gasteiger partial charge in [-0.15, -0.1) is 11.8 Å². The third-order valence-corrected chi connectivity index (χ3v) is 4.25. The van der Waals surface area contributed by atoms with E-state index in [1.54, 1.807) is 24.0 Å². The highest BCUT2D eigenvalue weighted by atomic mass is 32.2. The largest absolute Gasteiger partial charge is 0.422 e. The second-order valence-electron chi connectivity index (χ2n) is 4.88. The SMILES string of the molecule is O=c1cc(CSc2ccccn2)[nH]n1-c1nc2ccccc2o1. The van der Waals surface area contributed by atoms with E-state index < -0.39 is 0 Å². The molecule has 0 spiro atoms. The van der Waals surface area contributed by atoms with Gasteiger partial charge in [0.15, 0.2) is 5.58 Å².